The third-order valence-corrected chi connectivity index (χ3v) is 2.03. The number of hydrogen-bond acceptors (Lipinski definition) is 3. The minimum absolute atomic E-state index is 0.160. The van der Waals surface area contributed by atoms with Gasteiger partial charge < -0.3 is 11.1 Å². The monoisotopic (exact) mass is 196 g/mol. The Hall–Kier alpha value is -1.52. The highest BCUT2D eigenvalue weighted by molar-refractivity contribution is 5.97. The summed E-state index contributed by atoms with van der Waals surface area (Å²) in [6, 6.07) is 0. The van der Waals surface area contributed by atoms with Gasteiger partial charge in [-0.3, -0.25) is 9.48 Å². The largest absolute Gasteiger partial charge is 0.395 e. The van der Waals surface area contributed by atoms with Crippen LogP contribution in [0, 0.1) is 6.92 Å². The van der Waals surface area contributed by atoms with Crippen LogP contribution in [0.4, 0.5) is 5.69 Å². The number of anilines is 1. The smallest absolute Gasteiger partial charge is 0.271 e. The summed E-state index contributed by atoms with van der Waals surface area (Å²) in [4.78, 5) is 11.6. The van der Waals surface area contributed by atoms with E-state index in [4.69, 9.17) is 5.73 Å². The molecule has 78 valence electrons. The van der Waals surface area contributed by atoms with Gasteiger partial charge in [0.2, 0.25) is 0 Å². The van der Waals surface area contributed by atoms with Crippen molar-refractivity contribution < 1.29 is 4.79 Å². The lowest BCUT2D eigenvalue weighted by atomic mass is 10.3. The van der Waals surface area contributed by atoms with Gasteiger partial charge in [-0.15, -0.1) is 0 Å². The van der Waals surface area contributed by atoms with Gasteiger partial charge in [0.1, 0.15) is 5.69 Å². The van der Waals surface area contributed by atoms with Crippen molar-refractivity contribution >= 4 is 11.6 Å². The van der Waals surface area contributed by atoms with Gasteiger partial charge in [0.05, 0.1) is 11.4 Å². The van der Waals surface area contributed by atoms with Crippen LogP contribution in [0.1, 0.15) is 30.0 Å². The Morgan fingerprint density at radius 3 is 2.71 bits per heavy atom. The topological polar surface area (TPSA) is 72.9 Å². The van der Waals surface area contributed by atoms with Crippen LogP contribution >= 0.6 is 0 Å². The number of nitrogens with two attached hydrogens (primary N) is 1. The summed E-state index contributed by atoms with van der Waals surface area (Å²) >= 11 is 0. The van der Waals surface area contributed by atoms with Crippen molar-refractivity contribution in [2.75, 3.05) is 12.3 Å². The highest BCUT2D eigenvalue weighted by Crippen LogP contribution is 2.15. The van der Waals surface area contributed by atoms with E-state index in [0.717, 1.165) is 0 Å². The molecule has 0 unspecified atom stereocenters. The molecular weight excluding hydrogens is 180 g/mol. The predicted molar refractivity (Wildman–Crippen MR) is 55.1 cm³/mol. The summed E-state index contributed by atoms with van der Waals surface area (Å²) in [6.45, 7) is 6.82. The first-order valence-electron chi connectivity index (χ1n) is 4.72. The summed E-state index contributed by atoms with van der Waals surface area (Å²) in [7, 11) is 0. The Morgan fingerprint density at radius 1 is 1.57 bits per heavy atom. The molecule has 0 bridgehead atoms. The molecule has 0 fully saturated rings. The summed E-state index contributed by atoms with van der Waals surface area (Å²) in [6.07, 6.45) is 0. The molecule has 14 heavy (non-hydrogen) atoms. The van der Waals surface area contributed by atoms with Crippen molar-refractivity contribution in [2.24, 2.45) is 0 Å². The maximum absolute atomic E-state index is 11.6. The molecule has 1 rings (SSSR count). The zero-order valence-electron chi connectivity index (χ0n) is 8.79. The molecule has 1 amide bonds. The minimum Gasteiger partial charge on any atom is -0.395 e. The summed E-state index contributed by atoms with van der Waals surface area (Å²) in [5.74, 6) is -0.160. The number of nitrogens with zero attached hydrogens (tertiary/aromatic N) is 2. The van der Waals surface area contributed by atoms with E-state index in [1.54, 1.807) is 11.6 Å². The molecule has 5 heteroatoms. The fourth-order valence-corrected chi connectivity index (χ4v) is 1.31. The van der Waals surface area contributed by atoms with Gasteiger partial charge in [-0.2, -0.15) is 5.10 Å². The molecule has 0 spiro atoms. The molecular formula is C9H16N4O. The standard InChI is InChI=1S/C9H16N4O/c1-4-11-9(14)8-7(10)6(3)12-13(8)5-2/h4-5,10H2,1-3H3,(H,11,14). The molecule has 0 aliphatic heterocycles. The lowest BCUT2D eigenvalue weighted by Gasteiger charge is -2.05. The van der Waals surface area contributed by atoms with Crippen LogP contribution in [-0.4, -0.2) is 22.2 Å². The highest BCUT2D eigenvalue weighted by Gasteiger charge is 2.17. The fraction of sp³-hybridized carbons (Fsp3) is 0.556. The van der Waals surface area contributed by atoms with Gasteiger partial charge in [-0.25, -0.2) is 0 Å². The molecule has 1 aromatic heterocycles. The van der Waals surface area contributed by atoms with E-state index >= 15 is 0 Å². The molecule has 0 aliphatic carbocycles. The second kappa shape index (κ2) is 4.13. The summed E-state index contributed by atoms with van der Waals surface area (Å²) in [5.41, 5.74) is 7.40. The van der Waals surface area contributed by atoms with Crippen LogP contribution in [0.25, 0.3) is 0 Å². The molecule has 0 atom stereocenters. The van der Waals surface area contributed by atoms with Crippen LogP contribution in [-0.2, 0) is 6.54 Å². The van der Waals surface area contributed by atoms with E-state index in [-0.39, 0.29) is 5.91 Å². The first-order chi connectivity index (χ1) is 6.61. The predicted octanol–water partition coefficient (Wildman–Crippen LogP) is 0.543. The molecule has 0 aliphatic rings. The normalized spacial score (nSPS) is 10.2. The van der Waals surface area contributed by atoms with Crippen LogP contribution in [0.2, 0.25) is 0 Å². The average Bonchev–Trinajstić information content (AvgIpc) is 2.43. The molecule has 1 heterocycles. The zero-order valence-corrected chi connectivity index (χ0v) is 8.79. The van der Waals surface area contributed by atoms with E-state index in [0.29, 0.717) is 30.2 Å². The van der Waals surface area contributed by atoms with Crippen LogP contribution in [0.15, 0.2) is 0 Å². The third kappa shape index (κ3) is 1.71. The Balaban J connectivity index is 3.10. The molecule has 3 N–H and O–H groups in total. The first-order valence-corrected chi connectivity index (χ1v) is 4.72. The van der Waals surface area contributed by atoms with Crippen molar-refractivity contribution in [3.63, 3.8) is 0 Å². The number of aromatic nitrogens is 2. The SMILES string of the molecule is CCNC(=O)c1c(N)c(C)nn1CC. The molecule has 0 radical (unpaired) electrons. The number of nitrogens with one attached hydrogen (secondary N) is 1. The van der Waals surface area contributed by atoms with E-state index in [1.807, 2.05) is 13.8 Å². The van der Waals surface area contributed by atoms with E-state index in [1.165, 1.54) is 0 Å². The number of nitrogen functional groups attached to an aromatic ring is 1. The van der Waals surface area contributed by atoms with Gasteiger partial charge in [0.25, 0.3) is 5.91 Å². The number of carbonyl (C=O) groups is 1. The van der Waals surface area contributed by atoms with E-state index in [9.17, 15) is 4.79 Å². The third-order valence-electron chi connectivity index (χ3n) is 2.03. The second-order valence-electron chi connectivity index (χ2n) is 3.02. The second-order valence-corrected chi connectivity index (χ2v) is 3.02. The number of carbonyl (C=O) groups excluding carboxylic acids is 1. The number of hydrogen-bond donors (Lipinski definition) is 2. The Bertz CT molecular complexity index is 343. The quantitative estimate of drug-likeness (QED) is 0.741. The molecule has 0 saturated heterocycles. The summed E-state index contributed by atoms with van der Waals surface area (Å²) in [5, 5.41) is 6.87. The van der Waals surface area contributed by atoms with E-state index < -0.39 is 0 Å². The van der Waals surface area contributed by atoms with Gasteiger partial charge in [0, 0.05) is 13.1 Å². The lowest BCUT2D eigenvalue weighted by molar-refractivity contribution is 0.0946. The Labute approximate surface area is 83.3 Å². The van der Waals surface area contributed by atoms with Crippen molar-refractivity contribution in [2.45, 2.75) is 27.3 Å². The summed E-state index contributed by atoms with van der Waals surface area (Å²) < 4.78 is 1.62. The van der Waals surface area contributed by atoms with Gasteiger partial charge in [-0.05, 0) is 20.8 Å². The number of rotatable bonds is 3. The zero-order chi connectivity index (χ0) is 10.7. The Morgan fingerprint density at radius 2 is 2.21 bits per heavy atom. The molecule has 1 aromatic rings. The molecule has 5 nitrogen and oxygen atoms in total. The van der Waals surface area contributed by atoms with Crippen LogP contribution < -0.4 is 11.1 Å². The molecule has 0 aromatic carbocycles. The van der Waals surface area contributed by atoms with Crippen LogP contribution in [0.5, 0.6) is 0 Å². The number of amides is 1. The van der Waals surface area contributed by atoms with Crippen molar-refractivity contribution in [1.82, 2.24) is 15.1 Å². The first kappa shape index (κ1) is 10.6. The van der Waals surface area contributed by atoms with Crippen molar-refractivity contribution in [3.8, 4) is 0 Å². The van der Waals surface area contributed by atoms with Gasteiger partial charge in [0.15, 0.2) is 0 Å². The maximum Gasteiger partial charge on any atom is 0.271 e. The Kier molecular flexibility index (Phi) is 3.11. The average molecular weight is 196 g/mol. The van der Waals surface area contributed by atoms with Crippen molar-refractivity contribution in [1.29, 1.82) is 0 Å². The van der Waals surface area contributed by atoms with Crippen LogP contribution in [0.3, 0.4) is 0 Å². The molecule has 0 saturated carbocycles. The van der Waals surface area contributed by atoms with Gasteiger partial charge >= 0.3 is 0 Å². The van der Waals surface area contributed by atoms with E-state index in [2.05, 4.69) is 10.4 Å². The van der Waals surface area contributed by atoms with Gasteiger partial charge in [-0.1, -0.05) is 0 Å². The van der Waals surface area contributed by atoms with Crippen molar-refractivity contribution in [3.05, 3.63) is 11.4 Å². The fourth-order valence-electron chi connectivity index (χ4n) is 1.31. The number of aryl methyl sites for hydroxylation is 2. The highest BCUT2D eigenvalue weighted by atomic mass is 16.2. The maximum atomic E-state index is 11.6. The lowest BCUT2D eigenvalue weighted by Crippen LogP contribution is -2.26. The minimum atomic E-state index is -0.160.